The highest BCUT2D eigenvalue weighted by Gasteiger charge is 2.06. The molecular formula is C9H7NO3. The maximum absolute atomic E-state index is 11.2. The van der Waals surface area contributed by atoms with Gasteiger partial charge in [0.1, 0.15) is 11.5 Å². The lowest BCUT2D eigenvalue weighted by atomic mass is 10.1. The number of rotatable bonds is 0. The molecule has 0 aliphatic rings. The normalized spacial score (nSPS) is 10.5. The molecular weight excluding hydrogens is 170 g/mol. The Labute approximate surface area is 73.1 Å². The fraction of sp³-hybridized carbons (Fsp3) is 0. The molecule has 1 aromatic heterocycles. The number of aromatic nitrogens is 1. The molecule has 0 amide bonds. The van der Waals surface area contributed by atoms with Gasteiger partial charge in [0.15, 0.2) is 0 Å². The van der Waals surface area contributed by atoms with Crippen LogP contribution in [0.3, 0.4) is 0 Å². The van der Waals surface area contributed by atoms with Crippen molar-refractivity contribution < 1.29 is 10.2 Å². The Morgan fingerprint density at radius 3 is 2.62 bits per heavy atom. The van der Waals surface area contributed by atoms with Gasteiger partial charge in [-0.15, -0.1) is 0 Å². The van der Waals surface area contributed by atoms with Crippen LogP contribution in [0.1, 0.15) is 0 Å². The molecule has 1 heterocycles. The minimum Gasteiger partial charge on any atom is -0.507 e. The summed E-state index contributed by atoms with van der Waals surface area (Å²) < 4.78 is 0. The lowest BCUT2D eigenvalue weighted by molar-refractivity contribution is 0.462. The zero-order chi connectivity index (χ0) is 9.42. The molecule has 0 radical (unpaired) electrons. The monoisotopic (exact) mass is 177 g/mol. The van der Waals surface area contributed by atoms with Crippen LogP contribution in [0.5, 0.6) is 11.5 Å². The Morgan fingerprint density at radius 2 is 1.92 bits per heavy atom. The number of benzene rings is 1. The smallest absolute Gasteiger partial charge is 0.256 e. The van der Waals surface area contributed by atoms with Crippen molar-refractivity contribution in [1.82, 2.24) is 4.98 Å². The number of pyridine rings is 1. The maximum Gasteiger partial charge on any atom is 0.256 e. The van der Waals surface area contributed by atoms with Gasteiger partial charge in [0.2, 0.25) is 0 Å². The van der Waals surface area contributed by atoms with Crippen molar-refractivity contribution in [2.45, 2.75) is 0 Å². The van der Waals surface area contributed by atoms with Gasteiger partial charge in [-0.3, -0.25) is 4.79 Å². The van der Waals surface area contributed by atoms with E-state index in [0.717, 1.165) is 6.20 Å². The molecule has 0 atom stereocenters. The summed E-state index contributed by atoms with van der Waals surface area (Å²) in [5.74, 6) is -0.228. The molecule has 0 fully saturated rings. The molecule has 0 aliphatic heterocycles. The van der Waals surface area contributed by atoms with Crippen molar-refractivity contribution in [2.24, 2.45) is 0 Å². The zero-order valence-electron chi connectivity index (χ0n) is 6.61. The van der Waals surface area contributed by atoms with Gasteiger partial charge in [0.25, 0.3) is 5.56 Å². The van der Waals surface area contributed by atoms with Gasteiger partial charge in [-0.25, -0.2) is 0 Å². The number of hydrogen-bond acceptors (Lipinski definition) is 3. The van der Waals surface area contributed by atoms with E-state index in [-0.39, 0.29) is 27.8 Å². The molecule has 2 rings (SSSR count). The summed E-state index contributed by atoms with van der Waals surface area (Å²) in [7, 11) is 0. The third-order valence-electron chi connectivity index (χ3n) is 1.88. The molecule has 0 saturated carbocycles. The topological polar surface area (TPSA) is 73.3 Å². The van der Waals surface area contributed by atoms with Crippen LogP contribution >= 0.6 is 0 Å². The van der Waals surface area contributed by atoms with E-state index in [1.54, 1.807) is 6.07 Å². The Kier molecular flexibility index (Phi) is 1.48. The Morgan fingerprint density at radius 1 is 1.15 bits per heavy atom. The summed E-state index contributed by atoms with van der Waals surface area (Å²) in [4.78, 5) is 13.6. The molecule has 1 aromatic carbocycles. The number of nitrogens with one attached hydrogen (secondary N) is 1. The molecule has 0 saturated heterocycles. The van der Waals surface area contributed by atoms with Crippen molar-refractivity contribution in [3.05, 3.63) is 34.7 Å². The number of hydrogen-bond donors (Lipinski definition) is 3. The van der Waals surface area contributed by atoms with Crippen molar-refractivity contribution in [2.75, 3.05) is 0 Å². The SMILES string of the molecule is O=c1[nH]cc(O)c2c(O)cccc12. The number of aromatic hydroxyl groups is 2. The number of H-pyrrole nitrogens is 1. The molecule has 4 heteroatoms. The van der Waals surface area contributed by atoms with E-state index in [9.17, 15) is 15.0 Å². The second-order valence-corrected chi connectivity index (χ2v) is 2.70. The van der Waals surface area contributed by atoms with E-state index in [2.05, 4.69) is 4.98 Å². The van der Waals surface area contributed by atoms with Crippen molar-refractivity contribution in [1.29, 1.82) is 0 Å². The van der Waals surface area contributed by atoms with Crippen LogP contribution in [-0.4, -0.2) is 15.2 Å². The summed E-state index contributed by atoms with van der Waals surface area (Å²) in [6.45, 7) is 0. The summed E-state index contributed by atoms with van der Waals surface area (Å²) in [6.07, 6.45) is 1.16. The van der Waals surface area contributed by atoms with E-state index in [1.165, 1.54) is 12.1 Å². The second-order valence-electron chi connectivity index (χ2n) is 2.70. The molecule has 4 nitrogen and oxygen atoms in total. The summed E-state index contributed by atoms with van der Waals surface area (Å²) in [5, 5.41) is 19.2. The number of aromatic amines is 1. The van der Waals surface area contributed by atoms with Crippen LogP contribution in [0.25, 0.3) is 10.8 Å². The van der Waals surface area contributed by atoms with Gasteiger partial charge < -0.3 is 15.2 Å². The van der Waals surface area contributed by atoms with Crippen LogP contribution < -0.4 is 5.56 Å². The summed E-state index contributed by atoms with van der Waals surface area (Å²) >= 11 is 0. The highest BCUT2D eigenvalue weighted by atomic mass is 16.3. The fourth-order valence-electron chi connectivity index (χ4n) is 1.28. The van der Waals surface area contributed by atoms with Gasteiger partial charge in [-0.05, 0) is 12.1 Å². The average molecular weight is 177 g/mol. The molecule has 66 valence electrons. The molecule has 0 unspecified atom stereocenters. The van der Waals surface area contributed by atoms with Crippen LogP contribution in [0.15, 0.2) is 29.2 Å². The van der Waals surface area contributed by atoms with Crippen LogP contribution in [-0.2, 0) is 0 Å². The van der Waals surface area contributed by atoms with Crippen molar-refractivity contribution in [3.63, 3.8) is 0 Å². The Balaban J connectivity index is 3.09. The van der Waals surface area contributed by atoms with E-state index in [1.807, 2.05) is 0 Å². The second kappa shape index (κ2) is 2.52. The molecule has 3 N–H and O–H groups in total. The maximum atomic E-state index is 11.2. The van der Waals surface area contributed by atoms with E-state index >= 15 is 0 Å². The number of phenolic OH excluding ortho intramolecular Hbond substituents is 1. The Hall–Kier alpha value is -1.97. The first-order valence-electron chi connectivity index (χ1n) is 3.72. The minimum atomic E-state index is -0.330. The first-order valence-corrected chi connectivity index (χ1v) is 3.72. The first kappa shape index (κ1) is 7.67. The van der Waals surface area contributed by atoms with Crippen molar-refractivity contribution >= 4 is 10.8 Å². The lowest BCUT2D eigenvalue weighted by Crippen LogP contribution is -2.04. The molecule has 0 bridgehead atoms. The van der Waals surface area contributed by atoms with Gasteiger partial charge >= 0.3 is 0 Å². The molecule has 0 aliphatic carbocycles. The fourth-order valence-corrected chi connectivity index (χ4v) is 1.28. The molecule has 2 aromatic rings. The zero-order valence-corrected chi connectivity index (χ0v) is 6.61. The molecule has 0 spiro atoms. The van der Waals surface area contributed by atoms with Gasteiger partial charge in [-0.2, -0.15) is 0 Å². The summed E-state index contributed by atoms with van der Waals surface area (Å²) in [6, 6.07) is 4.50. The molecule has 13 heavy (non-hydrogen) atoms. The van der Waals surface area contributed by atoms with Crippen molar-refractivity contribution in [3.8, 4) is 11.5 Å². The predicted octanol–water partition coefficient (Wildman–Crippen LogP) is 0.939. The van der Waals surface area contributed by atoms with E-state index in [4.69, 9.17) is 0 Å². The van der Waals surface area contributed by atoms with Crippen LogP contribution in [0.4, 0.5) is 0 Å². The van der Waals surface area contributed by atoms with Gasteiger partial charge in [0, 0.05) is 6.20 Å². The third-order valence-corrected chi connectivity index (χ3v) is 1.88. The highest BCUT2D eigenvalue weighted by Crippen LogP contribution is 2.28. The van der Waals surface area contributed by atoms with Gasteiger partial charge in [-0.1, -0.05) is 6.07 Å². The Bertz CT molecular complexity index is 507. The predicted molar refractivity (Wildman–Crippen MR) is 47.9 cm³/mol. The third kappa shape index (κ3) is 1.03. The number of phenols is 1. The lowest BCUT2D eigenvalue weighted by Gasteiger charge is -2.01. The van der Waals surface area contributed by atoms with Crippen LogP contribution in [0, 0.1) is 0 Å². The average Bonchev–Trinajstić information content (AvgIpc) is 2.12. The van der Waals surface area contributed by atoms with E-state index in [0.29, 0.717) is 0 Å². The van der Waals surface area contributed by atoms with Gasteiger partial charge in [0.05, 0.1) is 10.8 Å². The number of fused-ring (bicyclic) bond motifs is 1. The van der Waals surface area contributed by atoms with Crippen LogP contribution in [0.2, 0.25) is 0 Å². The van der Waals surface area contributed by atoms with E-state index < -0.39 is 0 Å². The quantitative estimate of drug-likeness (QED) is 0.560. The summed E-state index contributed by atoms with van der Waals surface area (Å²) in [5.41, 5.74) is -0.330. The highest BCUT2D eigenvalue weighted by molar-refractivity contribution is 5.92. The minimum absolute atomic E-state index is 0.0962. The standard InChI is InChI=1S/C9H7NO3/c11-6-3-1-2-5-8(6)7(12)4-10-9(5)13/h1-4,11-12H,(H,10,13). The largest absolute Gasteiger partial charge is 0.507 e. The first-order chi connectivity index (χ1) is 6.20.